The first-order valence-corrected chi connectivity index (χ1v) is 14.3. The summed E-state index contributed by atoms with van der Waals surface area (Å²) in [5, 5.41) is 9.45. The second-order valence-corrected chi connectivity index (χ2v) is 11.2. The number of aromatic nitrogens is 2. The number of benzene rings is 1. The van der Waals surface area contributed by atoms with Crippen LogP contribution in [0.15, 0.2) is 30.9 Å². The highest BCUT2D eigenvalue weighted by atomic mass is 19.4. The Hall–Kier alpha value is -3.85. The maximum absolute atomic E-state index is 14.1. The lowest BCUT2D eigenvalue weighted by atomic mass is 10.00. The maximum Gasteiger partial charge on any atom is 0.418 e. The quantitative estimate of drug-likeness (QED) is 0.453. The second kappa shape index (κ2) is 12.2. The lowest BCUT2D eigenvalue weighted by Gasteiger charge is -2.42. The Morgan fingerprint density at radius 2 is 2.00 bits per heavy atom. The first-order valence-electron chi connectivity index (χ1n) is 14.3. The number of fused-ring (bicyclic) bond motifs is 1. The van der Waals surface area contributed by atoms with Crippen molar-refractivity contribution in [1.82, 2.24) is 19.8 Å². The van der Waals surface area contributed by atoms with E-state index in [0.29, 0.717) is 50.7 Å². The van der Waals surface area contributed by atoms with Crippen LogP contribution in [0, 0.1) is 18.3 Å². The number of hydrogen-bond donors (Lipinski definition) is 0. The zero-order valence-corrected chi connectivity index (χ0v) is 24.0. The van der Waals surface area contributed by atoms with Crippen molar-refractivity contribution in [3.05, 3.63) is 53.2 Å². The average Bonchev–Trinajstić information content (AvgIpc) is 3.38. The fourth-order valence-corrected chi connectivity index (χ4v) is 6.30. The first kappa shape index (κ1) is 29.6. The summed E-state index contributed by atoms with van der Waals surface area (Å²) in [5.74, 6) is 0.432. The van der Waals surface area contributed by atoms with Gasteiger partial charge in [0.25, 0.3) is 0 Å². The number of carbonyl (C=O) groups is 1. The van der Waals surface area contributed by atoms with Crippen molar-refractivity contribution >= 4 is 17.4 Å². The monoisotopic (exact) mass is 583 g/mol. The van der Waals surface area contributed by atoms with E-state index in [-0.39, 0.29) is 48.2 Å². The predicted molar refractivity (Wildman–Crippen MR) is 152 cm³/mol. The summed E-state index contributed by atoms with van der Waals surface area (Å²) in [4.78, 5) is 29.7. The molecular formula is C30H36F3N7O2. The molecule has 0 N–H and O–H groups in total. The Morgan fingerprint density at radius 1 is 1.19 bits per heavy atom. The van der Waals surface area contributed by atoms with Gasteiger partial charge in [-0.25, -0.2) is 0 Å². The summed E-state index contributed by atoms with van der Waals surface area (Å²) >= 11 is 0. The second-order valence-electron chi connectivity index (χ2n) is 11.2. The van der Waals surface area contributed by atoms with Crippen molar-refractivity contribution in [3.63, 3.8) is 0 Å². The van der Waals surface area contributed by atoms with Crippen molar-refractivity contribution in [1.29, 1.82) is 5.26 Å². The molecule has 0 bridgehead atoms. The van der Waals surface area contributed by atoms with Gasteiger partial charge >= 0.3 is 12.2 Å². The zero-order valence-electron chi connectivity index (χ0n) is 24.0. The molecule has 2 atom stereocenters. The first-order chi connectivity index (χ1) is 20.1. The largest absolute Gasteiger partial charge is 0.462 e. The zero-order chi connectivity index (χ0) is 30.0. The van der Waals surface area contributed by atoms with E-state index in [1.807, 2.05) is 4.90 Å². The molecule has 0 spiro atoms. The Kier molecular flexibility index (Phi) is 8.59. The van der Waals surface area contributed by atoms with Crippen LogP contribution in [0.2, 0.25) is 0 Å². The number of likely N-dealkylation sites (N-methyl/N-ethyl adjacent to an activating group) is 1. The van der Waals surface area contributed by atoms with Crippen LogP contribution in [-0.2, 0) is 23.9 Å². The number of aryl methyl sites for hydroxylation is 1. The van der Waals surface area contributed by atoms with E-state index < -0.39 is 11.7 Å². The number of rotatable bonds is 7. The summed E-state index contributed by atoms with van der Waals surface area (Å²) in [6, 6.07) is 6.89. The molecule has 1 aromatic heterocycles. The number of nitrogens with zero attached hydrogens (tertiary/aromatic N) is 7. The van der Waals surface area contributed by atoms with Gasteiger partial charge in [0, 0.05) is 43.5 Å². The Labute approximate surface area is 244 Å². The molecular weight excluding hydrogens is 547 g/mol. The number of ether oxygens (including phenoxy) is 1. The molecule has 1 aromatic carbocycles. The van der Waals surface area contributed by atoms with Gasteiger partial charge in [-0.3, -0.25) is 4.79 Å². The standard InChI is InChI=1S/C30H36F3N7O2/c1-4-26(41)40-16-15-39(17-21(40)10-12-34)28-23-11-14-38(25-9-5-7-20(2)27(25)30(31,32)33)18-24(23)35-29(36-28)42-19-22-8-6-13-37(22)3/h4-5,7,9,21-22H,1,6,8,10-11,13-19H2,2-3H3/t21?,22-/m0/s1. The van der Waals surface area contributed by atoms with Crippen LogP contribution >= 0.6 is 0 Å². The van der Waals surface area contributed by atoms with Crippen LogP contribution in [0.5, 0.6) is 6.01 Å². The van der Waals surface area contributed by atoms with E-state index >= 15 is 0 Å². The predicted octanol–water partition coefficient (Wildman–Crippen LogP) is 3.96. The Bertz CT molecular complexity index is 1380. The van der Waals surface area contributed by atoms with E-state index in [1.165, 1.54) is 25.1 Å². The molecule has 3 aliphatic rings. The van der Waals surface area contributed by atoms with Gasteiger partial charge in [0.15, 0.2) is 0 Å². The van der Waals surface area contributed by atoms with Crippen LogP contribution in [0.25, 0.3) is 0 Å². The number of likely N-dealkylation sites (tertiary alicyclic amines) is 1. The molecule has 0 radical (unpaired) electrons. The summed E-state index contributed by atoms with van der Waals surface area (Å²) in [5.41, 5.74) is 1.16. The maximum atomic E-state index is 14.1. The van der Waals surface area contributed by atoms with Gasteiger partial charge in [-0.05, 0) is 57.5 Å². The van der Waals surface area contributed by atoms with Gasteiger partial charge < -0.3 is 24.3 Å². The third kappa shape index (κ3) is 6.02. The van der Waals surface area contributed by atoms with Crippen molar-refractivity contribution < 1.29 is 22.7 Å². The van der Waals surface area contributed by atoms with Crippen LogP contribution < -0.4 is 14.5 Å². The number of piperazine rings is 1. The summed E-state index contributed by atoms with van der Waals surface area (Å²) in [6.07, 6.45) is -0.545. The fourth-order valence-electron chi connectivity index (χ4n) is 6.30. The van der Waals surface area contributed by atoms with Gasteiger partial charge in [-0.1, -0.05) is 18.7 Å². The molecule has 2 saturated heterocycles. The van der Waals surface area contributed by atoms with Crippen molar-refractivity contribution in [2.24, 2.45) is 0 Å². The van der Waals surface area contributed by atoms with Crippen LogP contribution in [0.3, 0.4) is 0 Å². The molecule has 42 heavy (non-hydrogen) atoms. The highest BCUT2D eigenvalue weighted by molar-refractivity contribution is 5.87. The van der Waals surface area contributed by atoms with Gasteiger partial charge in [0.2, 0.25) is 5.91 Å². The number of amides is 1. The lowest BCUT2D eigenvalue weighted by Crippen LogP contribution is -2.55. The summed E-state index contributed by atoms with van der Waals surface area (Å²) in [7, 11) is 2.05. The molecule has 2 aromatic rings. The van der Waals surface area contributed by atoms with E-state index in [0.717, 1.165) is 24.9 Å². The molecule has 5 rings (SSSR count). The molecule has 224 valence electrons. The van der Waals surface area contributed by atoms with Crippen molar-refractivity contribution in [2.75, 3.05) is 56.2 Å². The van der Waals surface area contributed by atoms with E-state index in [1.54, 1.807) is 15.9 Å². The molecule has 1 unspecified atom stereocenters. The normalized spacial score (nSPS) is 21.2. The molecule has 2 fully saturated rings. The topological polar surface area (TPSA) is 88.8 Å². The van der Waals surface area contributed by atoms with Crippen LogP contribution in [-0.4, -0.2) is 84.1 Å². The minimum atomic E-state index is -4.49. The van der Waals surface area contributed by atoms with E-state index in [9.17, 15) is 23.2 Å². The van der Waals surface area contributed by atoms with Gasteiger partial charge in [0.1, 0.15) is 12.4 Å². The Balaban J connectivity index is 1.49. The molecule has 12 heteroatoms. The van der Waals surface area contributed by atoms with E-state index in [4.69, 9.17) is 14.7 Å². The SMILES string of the molecule is C=CC(=O)N1CCN(c2nc(OC[C@@H]3CCCN3C)nc3c2CCN(c2cccc(C)c2C(F)(F)F)C3)CC1CC#N. The lowest BCUT2D eigenvalue weighted by molar-refractivity contribution is -0.137. The van der Waals surface area contributed by atoms with Gasteiger partial charge in [-0.2, -0.15) is 28.4 Å². The highest BCUT2D eigenvalue weighted by Gasteiger charge is 2.38. The van der Waals surface area contributed by atoms with Crippen LogP contribution in [0.1, 0.15) is 41.6 Å². The minimum Gasteiger partial charge on any atom is -0.462 e. The smallest absolute Gasteiger partial charge is 0.418 e. The third-order valence-electron chi connectivity index (χ3n) is 8.54. The van der Waals surface area contributed by atoms with Crippen molar-refractivity contribution in [2.45, 2.75) is 57.4 Å². The number of hydrogen-bond acceptors (Lipinski definition) is 8. The summed E-state index contributed by atoms with van der Waals surface area (Å²) in [6.45, 7) is 8.27. The molecule has 0 saturated carbocycles. The van der Waals surface area contributed by atoms with Gasteiger partial charge in [0.05, 0.1) is 36.3 Å². The number of alkyl halides is 3. The molecule has 4 heterocycles. The van der Waals surface area contributed by atoms with Gasteiger partial charge in [-0.15, -0.1) is 0 Å². The fraction of sp³-hybridized carbons (Fsp3) is 0.533. The third-order valence-corrected chi connectivity index (χ3v) is 8.54. The number of halogens is 3. The average molecular weight is 584 g/mol. The Morgan fingerprint density at radius 3 is 2.69 bits per heavy atom. The molecule has 9 nitrogen and oxygen atoms in total. The minimum absolute atomic E-state index is 0.133. The summed E-state index contributed by atoms with van der Waals surface area (Å²) < 4.78 is 48.4. The number of anilines is 2. The highest BCUT2D eigenvalue weighted by Crippen LogP contribution is 2.41. The number of carbonyl (C=O) groups excluding carboxylic acids is 1. The molecule has 3 aliphatic heterocycles. The van der Waals surface area contributed by atoms with Crippen LogP contribution in [0.4, 0.5) is 24.7 Å². The van der Waals surface area contributed by atoms with E-state index in [2.05, 4.69) is 24.6 Å². The van der Waals surface area contributed by atoms with Crippen molar-refractivity contribution in [3.8, 4) is 12.1 Å². The molecule has 1 amide bonds. The number of nitriles is 1. The molecule has 0 aliphatic carbocycles.